The molecule has 0 saturated heterocycles. The van der Waals surface area contributed by atoms with Gasteiger partial charge in [0.25, 0.3) is 0 Å². The molecule has 0 bridgehead atoms. The van der Waals surface area contributed by atoms with E-state index in [9.17, 15) is 22.8 Å². The van der Waals surface area contributed by atoms with Crippen LogP contribution in [0.1, 0.15) is 25.3 Å². The summed E-state index contributed by atoms with van der Waals surface area (Å²) in [5, 5.41) is 2.54. The molecule has 1 aromatic rings. The lowest BCUT2D eigenvalue weighted by Crippen LogP contribution is -2.41. The van der Waals surface area contributed by atoms with Gasteiger partial charge in [-0.3, -0.25) is 9.59 Å². The highest BCUT2D eigenvalue weighted by atomic mass is 35.5. The zero-order valence-corrected chi connectivity index (χ0v) is 12.5. The minimum absolute atomic E-state index is 0.0635. The molecule has 0 atom stereocenters. The number of amides is 2. The molecule has 2 rings (SSSR count). The SMILES string of the molecule is CC(=O)N(CC(=O)NC1CC1)c1ccc(Cl)cc1C(F)(F)F. The number of hydrogen-bond donors (Lipinski definition) is 1. The first kappa shape index (κ1) is 16.6. The summed E-state index contributed by atoms with van der Waals surface area (Å²) < 4.78 is 39.3. The second-order valence-corrected chi connectivity index (χ2v) is 5.54. The number of nitrogens with zero attached hydrogens (tertiary/aromatic N) is 1. The number of anilines is 1. The molecule has 4 nitrogen and oxygen atoms in total. The Kier molecular flexibility index (Phi) is 4.65. The Balaban J connectivity index is 2.31. The molecule has 0 aromatic heterocycles. The summed E-state index contributed by atoms with van der Waals surface area (Å²) >= 11 is 5.61. The third-order valence-corrected chi connectivity index (χ3v) is 3.41. The lowest BCUT2D eigenvalue weighted by Gasteiger charge is -2.24. The summed E-state index contributed by atoms with van der Waals surface area (Å²) in [4.78, 5) is 24.3. The van der Waals surface area contributed by atoms with Gasteiger partial charge in [0.05, 0.1) is 11.3 Å². The maximum absolute atomic E-state index is 13.1. The van der Waals surface area contributed by atoms with Gasteiger partial charge in [-0.2, -0.15) is 13.2 Å². The summed E-state index contributed by atoms with van der Waals surface area (Å²) in [6.07, 6.45) is -2.98. The highest BCUT2D eigenvalue weighted by molar-refractivity contribution is 6.30. The van der Waals surface area contributed by atoms with E-state index in [1.807, 2.05) is 0 Å². The van der Waals surface area contributed by atoms with Gasteiger partial charge < -0.3 is 10.2 Å². The fourth-order valence-electron chi connectivity index (χ4n) is 1.98. The van der Waals surface area contributed by atoms with Crippen LogP contribution in [-0.2, 0) is 15.8 Å². The van der Waals surface area contributed by atoms with Crippen LogP contribution in [0.2, 0.25) is 5.02 Å². The molecular formula is C14H14ClF3N2O2. The number of halogens is 4. The molecule has 120 valence electrons. The minimum atomic E-state index is -4.68. The van der Waals surface area contributed by atoms with Gasteiger partial charge in [0.2, 0.25) is 11.8 Å². The summed E-state index contributed by atoms with van der Waals surface area (Å²) in [6.45, 7) is 0.649. The van der Waals surface area contributed by atoms with Crippen LogP contribution < -0.4 is 10.2 Å². The first-order valence-electron chi connectivity index (χ1n) is 6.62. The molecule has 0 radical (unpaired) electrons. The number of carbonyl (C=O) groups is 2. The molecule has 1 N–H and O–H groups in total. The van der Waals surface area contributed by atoms with Crippen LogP contribution in [0.15, 0.2) is 18.2 Å². The Bertz CT molecular complexity index is 600. The fraction of sp³-hybridized carbons (Fsp3) is 0.429. The van der Waals surface area contributed by atoms with Gasteiger partial charge in [0.1, 0.15) is 6.54 Å². The molecule has 1 aliphatic carbocycles. The van der Waals surface area contributed by atoms with Crippen LogP contribution in [0.5, 0.6) is 0 Å². The predicted molar refractivity (Wildman–Crippen MR) is 75.6 cm³/mol. The minimum Gasteiger partial charge on any atom is -0.352 e. The largest absolute Gasteiger partial charge is 0.418 e. The van der Waals surface area contributed by atoms with Crippen LogP contribution in [0.3, 0.4) is 0 Å². The van der Waals surface area contributed by atoms with Crippen molar-refractivity contribution in [1.29, 1.82) is 0 Å². The van der Waals surface area contributed by atoms with E-state index in [1.165, 1.54) is 6.07 Å². The number of rotatable bonds is 4. The number of hydrogen-bond acceptors (Lipinski definition) is 2. The summed E-state index contributed by atoms with van der Waals surface area (Å²) in [6, 6.07) is 3.15. The third kappa shape index (κ3) is 4.13. The van der Waals surface area contributed by atoms with Crippen LogP contribution in [0.25, 0.3) is 0 Å². The molecular weight excluding hydrogens is 321 g/mol. The van der Waals surface area contributed by atoms with Gasteiger partial charge in [0, 0.05) is 18.0 Å². The van der Waals surface area contributed by atoms with E-state index >= 15 is 0 Å². The van der Waals surface area contributed by atoms with Crippen molar-refractivity contribution in [3.05, 3.63) is 28.8 Å². The van der Waals surface area contributed by atoms with Crippen molar-refractivity contribution in [2.24, 2.45) is 0 Å². The zero-order valence-electron chi connectivity index (χ0n) is 11.7. The van der Waals surface area contributed by atoms with E-state index in [2.05, 4.69) is 5.32 Å². The van der Waals surface area contributed by atoms with Crippen molar-refractivity contribution in [1.82, 2.24) is 5.32 Å². The third-order valence-electron chi connectivity index (χ3n) is 3.18. The van der Waals surface area contributed by atoms with Crippen molar-refractivity contribution in [3.8, 4) is 0 Å². The normalized spacial score (nSPS) is 14.6. The Morgan fingerprint density at radius 3 is 2.50 bits per heavy atom. The summed E-state index contributed by atoms with van der Waals surface area (Å²) in [7, 11) is 0. The monoisotopic (exact) mass is 334 g/mol. The molecule has 1 aromatic carbocycles. The molecule has 1 fully saturated rings. The van der Waals surface area contributed by atoms with E-state index in [0.717, 1.165) is 36.8 Å². The van der Waals surface area contributed by atoms with Crippen molar-refractivity contribution in [2.45, 2.75) is 32.0 Å². The van der Waals surface area contributed by atoms with Crippen LogP contribution >= 0.6 is 11.6 Å². The van der Waals surface area contributed by atoms with Gasteiger partial charge in [-0.05, 0) is 31.0 Å². The molecule has 2 amide bonds. The second kappa shape index (κ2) is 6.16. The van der Waals surface area contributed by atoms with E-state index in [-0.39, 0.29) is 16.8 Å². The van der Waals surface area contributed by atoms with Crippen molar-refractivity contribution in [3.63, 3.8) is 0 Å². The summed E-state index contributed by atoms with van der Waals surface area (Å²) in [5.74, 6) is -1.14. The fourth-order valence-corrected chi connectivity index (χ4v) is 2.15. The molecule has 1 aliphatic rings. The molecule has 0 unspecified atom stereocenters. The zero-order chi connectivity index (χ0) is 16.5. The van der Waals surface area contributed by atoms with Crippen molar-refractivity contribution < 1.29 is 22.8 Å². The lowest BCUT2D eigenvalue weighted by atomic mass is 10.1. The standard InChI is InChI=1S/C14H14ClF3N2O2/c1-8(21)20(7-13(22)19-10-3-4-10)12-5-2-9(15)6-11(12)14(16,17)18/h2,5-6,10H,3-4,7H2,1H3,(H,19,22). The number of nitrogens with one attached hydrogen (secondary N) is 1. The molecule has 0 aliphatic heterocycles. The van der Waals surface area contributed by atoms with Gasteiger partial charge in [-0.25, -0.2) is 0 Å². The van der Waals surface area contributed by atoms with Gasteiger partial charge in [-0.15, -0.1) is 0 Å². The highest BCUT2D eigenvalue weighted by Crippen LogP contribution is 2.38. The Hall–Kier alpha value is -1.76. The number of benzene rings is 1. The van der Waals surface area contributed by atoms with Crippen molar-refractivity contribution >= 4 is 29.1 Å². The average molecular weight is 335 g/mol. The first-order chi connectivity index (χ1) is 10.2. The van der Waals surface area contributed by atoms with E-state index in [4.69, 9.17) is 11.6 Å². The predicted octanol–water partition coefficient (Wildman–Crippen LogP) is 2.99. The van der Waals surface area contributed by atoms with Gasteiger partial charge in [-0.1, -0.05) is 11.6 Å². The smallest absolute Gasteiger partial charge is 0.352 e. The van der Waals surface area contributed by atoms with Gasteiger partial charge in [0.15, 0.2) is 0 Å². The number of alkyl halides is 3. The topological polar surface area (TPSA) is 49.4 Å². The lowest BCUT2D eigenvalue weighted by molar-refractivity contribution is -0.137. The highest BCUT2D eigenvalue weighted by Gasteiger charge is 2.36. The second-order valence-electron chi connectivity index (χ2n) is 5.11. The summed E-state index contributed by atoms with van der Waals surface area (Å²) in [5.41, 5.74) is -1.43. The maximum Gasteiger partial charge on any atom is 0.418 e. The molecule has 22 heavy (non-hydrogen) atoms. The molecule has 0 spiro atoms. The molecule has 0 heterocycles. The van der Waals surface area contributed by atoms with E-state index in [1.54, 1.807) is 0 Å². The first-order valence-corrected chi connectivity index (χ1v) is 7.00. The molecule has 1 saturated carbocycles. The van der Waals surface area contributed by atoms with Crippen molar-refractivity contribution in [2.75, 3.05) is 11.4 Å². The van der Waals surface area contributed by atoms with Gasteiger partial charge >= 0.3 is 6.18 Å². The van der Waals surface area contributed by atoms with E-state index in [0.29, 0.717) is 0 Å². The van der Waals surface area contributed by atoms with Crippen LogP contribution in [-0.4, -0.2) is 24.4 Å². The Morgan fingerprint density at radius 1 is 1.36 bits per heavy atom. The van der Waals surface area contributed by atoms with E-state index < -0.39 is 30.1 Å². The Labute approximate surface area is 130 Å². The average Bonchev–Trinajstić information content (AvgIpc) is 3.19. The number of carbonyl (C=O) groups excluding carboxylic acids is 2. The molecule has 8 heteroatoms. The maximum atomic E-state index is 13.1. The van der Waals surface area contributed by atoms with Crippen LogP contribution in [0, 0.1) is 0 Å². The quantitative estimate of drug-likeness (QED) is 0.920. The van der Waals surface area contributed by atoms with Crippen LogP contribution in [0.4, 0.5) is 18.9 Å². The Morgan fingerprint density at radius 2 is 2.00 bits per heavy atom.